The maximum absolute atomic E-state index is 11.4. The molecule has 5 N–H and O–H groups in total. The van der Waals surface area contributed by atoms with Gasteiger partial charge < -0.3 is 16.8 Å². The zero-order chi connectivity index (χ0) is 9.84. The number of rotatable bonds is 3. The van der Waals surface area contributed by atoms with Gasteiger partial charge in [-0.2, -0.15) is 0 Å². The van der Waals surface area contributed by atoms with Crippen LogP contribution in [-0.4, -0.2) is 19.4 Å². The van der Waals surface area contributed by atoms with Crippen molar-refractivity contribution in [3.63, 3.8) is 0 Å². The van der Waals surface area contributed by atoms with Crippen LogP contribution < -0.4 is 16.8 Å². The van der Waals surface area contributed by atoms with Crippen molar-refractivity contribution in [2.45, 2.75) is 0 Å². The molecular weight excluding hydrogens is 166 g/mol. The van der Waals surface area contributed by atoms with Crippen LogP contribution in [0, 0.1) is 0 Å². The molecule has 0 atom stereocenters. The molecule has 4 heteroatoms. The van der Waals surface area contributed by atoms with E-state index in [1.165, 1.54) is 0 Å². The van der Waals surface area contributed by atoms with Crippen molar-refractivity contribution in [2.75, 3.05) is 25.1 Å². The molecule has 0 aliphatic carbocycles. The van der Waals surface area contributed by atoms with Gasteiger partial charge in [0.15, 0.2) is 5.78 Å². The van der Waals surface area contributed by atoms with Crippen LogP contribution in [0.15, 0.2) is 18.2 Å². The third-order valence-corrected chi connectivity index (χ3v) is 1.71. The molecule has 0 saturated carbocycles. The molecule has 1 aromatic rings. The summed E-state index contributed by atoms with van der Waals surface area (Å²) in [7, 11) is 1.71. The highest BCUT2D eigenvalue weighted by Crippen LogP contribution is 2.15. The van der Waals surface area contributed by atoms with Gasteiger partial charge in [0, 0.05) is 16.9 Å². The minimum Gasteiger partial charge on any atom is -0.399 e. The third-order valence-electron chi connectivity index (χ3n) is 1.71. The number of nitrogens with one attached hydrogen (secondary N) is 1. The maximum atomic E-state index is 11.4. The minimum absolute atomic E-state index is 0.0278. The number of carbonyl (C=O) groups excluding carboxylic acids is 1. The molecule has 0 aromatic heterocycles. The summed E-state index contributed by atoms with van der Waals surface area (Å²) >= 11 is 0. The van der Waals surface area contributed by atoms with Gasteiger partial charge in [0.05, 0.1) is 6.54 Å². The summed E-state index contributed by atoms with van der Waals surface area (Å²) in [6.07, 6.45) is 0. The smallest absolute Gasteiger partial charge is 0.178 e. The molecule has 13 heavy (non-hydrogen) atoms. The van der Waals surface area contributed by atoms with Crippen LogP contribution in [0.2, 0.25) is 0 Å². The lowest BCUT2D eigenvalue weighted by molar-refractivity contribution is 0.0994. The van der Waals surface area contributed by atoms with E-state index in [0.29, 0.717) is 16.9 Å². The Hall–Kier alpha value is -1.55. The van der Waals surface area contributed by atoms with Gasteiger partial charge in [-0.15, -0.1) is 0 Å². The fourth-order valence-electron chi connectivity index (χ4n) is 1.09. The van der Waals surface area contributed by atoms with Gasteiger partial charge in [-0.1, -0.05) is 0 Å². The Morgan fingerprint density at radius 2 is 2.15 bits per heavy atom. The molecule has 0 saturated heterocycles. The quantitative estimate of drug-likeness (QED) is 0.459. The molecule has 0 aliphatic rings. The summed E-state index contributed by atoms with van der Waals surface area (Å²) in [6, 6.07) is 4.90. The molecule has 0 radical (unpaired) electrons. The fourth-order valence-corrected chi connectivity index (χ4v) is 1.09. The number of ketones is 1. The Kier molecular flexibility index (Phi) is 2.87. The molecule has 0 bridgehead atoms. The second-order valence-corrected chi connectivity index (χ2v) is 2.80. The predicted molar refractivity (Wildman–Crippen MR) is 53.5 cm³/mol. The molecule has 4 nitrogen and oxygen atoms in total. The summed E-state index contributed by atoms with van der Waals surface area (Å²) in [5, 5.41) is 2.77. The number of Topliss-reactive ketones (excluding diaryl/α,β-unsaturated/α-hetero) is 1. The zero-order valence-electron chi connectivity index (χ0n) is 7.50. The number of carbonyl (C=O) groups is 1. The lowest BCUT2D eigenvalue weighted by Gasteiger charge is -2.04. The summed E-state index contributed by atoms with van der Waals surface area (Å²) in [5.41, 5.74) is 12.6. The Labute approximate surface area is 76.9 Å². The van der Waals surface area contributed by atoms with E-state index in [1.54, 1.807) is 25.2 Å². The first kappa shape index (κ1) is 9.54. The van der Waals surface area contributed by atoms with E-state index in [2.05, 4.69) is 5.32 Å². The van der Waals surface area contributed by atoms with Crippen molar-refractivity contribution in [3.8, 4) is 0 Å². The monoisotopic (exact) mass is 179 g/mol. The number of benzene rings is 1. The number of hydrogen-bond donors (Lipinski definition) is 3. The van der Waals surface area contributed by atoms with E-state index in [0.717, 1.165) is 0 Å². The van der Waals surface area contributed by atoms with Crippen LogP contribution in [-0.2, 0) is 0 Å². The highest BCUT2D eigenvalue weighted by Gasteiger charge is 2.07. The summed E-state index contributed by atoms with van der Waals surface area (Å²) < 4.78 is 0. The van der Waals surface area contributed by atoms with Gasteiger partial charge in [-0.25, -0.2) is 0 Å². The van der Waals surface area contributed by atoms with E-state index in [4.69, 9.17) is 11.5 Å². The van der Waals surface area contributed by atoms with E-state index in [-0.39, 0.29) is 12.3 Å². The first-order valence-corrected chi connectivity index (χ1v) is 3.98. The van der Waals surface area contributed by atoms with Gasteiger partial charge in [-0.05, 0) is 25.2 Å². The average Bonchev–Trinajstić information content (AvgIpc) is 2.04. The second kappa shape index (κ2) is 3.91. The van der Waals surface area contributed by atoms with Gasteiger partial charge >= 0.3 is 0 Å². The summed E-state index contributed by atoms with van der Waals surface area (Å²) in [6.45, 7) is 0.286. The number of likely N-dealkylation sites (N-methyl/N-ethyl adjacent to an activating group) is 1. The van der Waals surface area contributed by atoms with Crippen LogP contribution in [0.25, 0.3) is 0 Å². The molecule has 1 aromatic carbocycles. The third kappa shape index (κ3) is 2.19. The van der Waals surface area contributed by atoms with Crippen LogP contribution in [0.4, 0.5) is 11.4 Å². The molecule has 0 spiro atoms. The van der Waals surface area contributed by atoms with Crippen molar-refractivity contribution >= 4 is 17.2 Å². The van der Waals surface area contributed by atoms with Gasteiger partial charge in [-0.3, -0.25) is 4.79 Å². The summed E-state index contributed by atoms with van der Waals surface area (Å²) in [5.74, 6) is -0.0278. The summed E-state index contributed by atoms with van der Waals surface area (Å²) in [4.78, 5) is 11.4. The number of nitrogen functional groups attached to an aromatic ring is 2. The van der Waals surface area contributed by atoms with Crippen LogP contribution >= 0.6 is 0 Å². The largest absolute Gasteiger partial charge is 0.399 e. The molecular formula is C9H13N3O. The number of hydrogen-bond acceptors (Lipinski definition) is 4. The molecule has 70 valence electrons. The second-order valence-electron chi connectivity index (χ2n) is 2.80. The maximum Gasteiger partial charge on any atom is 0.178 e. The van der Waals surface area contributed by atoms with Gasteiger partial charge in [0.2, 0.25) is 0 Å². The lowest BCUT2D eigenvalue weighted by atomic mass is 10.1. The Bertz CT molecular complexity index is 323. The molecule has 0 heterocycles. The van der Waals surface area contributed by atoms with Crippen molar-refractivity contribution in [1.82, 2.24) is 5.32 Å². The lowest BCUT2D eigenvalue weighted by Crippen LogP contribution is -2.19. The predicted octanol–water partition coefficient (Wildman–Crippen LogP) is 0.253. The van der Waals surface area contributed by atoms with Gasteiger partial charge in [0.1, 0.15) is 0 Å². The van der Waals surface area contributed by atoms with E-state index in [1.807, 2.05) is 0 Å². The molecule has 0 unspecified atom stereocenters. The SMILES string of the molecule is CNCC(=O)c1ccc(N)cc1N. The van der Waals surface area contributed by atoms with E-state index in [9.17, 15) is 4.79 Å². The first-order valence-electron chi connectivity index (χ1n) is 3.98. The zero-order valence-corrected chi connectivity index (χ0v) is 7.50. The molecule has 1 rings (SSSR count). The van der Waals surface area contributed by atoms with Crippen LogP contribution in [0.5, 0.6) is 0 Å². The Morgan fingerprint density at radius 3 is 2.69 bits per heavy atom. The Balaban J connectivity index is 2.95. The first-order chi connectivity index (χ1) is 6.15. The number of anilines is 2. The highest BCUT2D eigenvalue weighted by molar-refractivity contribution is 6.02. The van der Waals surface area contributed by atoms with E-state index >= 15 is 0 Å². The standard InChI is InChI=1S/C9H13N3O/c1-12-5-9(13)7-3-2-6(10)4-8(7)11/h2-4,12H,5,10-11H2,1H3. The van der Waals surface area contributed by atoms with Crippen molar-refractivity contribution in [2.24, 2.45) is 0 Å². The highest BCUT2D eigenvalue weighted by atomic mass is 16.1. The molecule has 0 aliphatic heterocycles. The normalized spacial score (nSPS) is 9.92. The van der Waals surface area contributed by atoms with Crippen molar-refractivity contribution in [1.29, 1.82) is 0 Å². The molecule has 0 amide bonds. The van der Waals surface area contributed by atoms with Crippen molar-refractivity contribution in [3.05, 3.63) is 23.8 Å². The van der Waals surface area contributed by atoms with Crippen LogP contribution in [0.3, 0.4) is 0 Å². The minimum atomic E-state index is -0.0278. The van der Waals surface area contributed by atoms with Crippen LogP contribution in [0.1, 0.15) is 10.4 Å². The average molecular weight is 179 g/mol. The fraction of sp³-hybridized carbons (Fsp3) is 0.222. The topological polar surface area (TPSA) is 81.1 Å². The number of nitrogens with two attached hydrogens (primary N) is 2. The van der Waals surface area contributed by atoms with E-state index < -0.39 is 0 Å². The van der Waals surface area contributed by atoms with Gasteiger partial charge in [0.25, 0.3) is 0 Å². The Morgan fingerprint density at radius 1 is 1.46 bits per heavy atom. The van der Waals surface area contributed by atoms with Crippen molar-refractivity contribution < 1.29 is 4.79 Å². The molecule has 0 fully saturated rings.